The van der Waals surface area contributed by atoms with E-state index in [-0.39, 0.29) is 5.91 Å². The van der Waals surface area contributed by atoms with E-state index in [4.69, 9.17) is 5.73 Å². The highest BCUT2D eigenvalue weighted by Gasteiger charge is 2.28. The summed E-state index contributed by atoms with van der Waals surface area (Å²) in [5, 5.41) is 4.37. The predicted molar refractivity (Wildman–Crippen MR) is 138 cm³/mol. The molecule has 0 aliphatic heterocycles. The van der Waals surface area contributed by atoms with Crippen molar-refractivity contribution < 1.29 is 4.79 Å². The van der Waals surface area contributed by atoms with Gasteiger partial charge in [0.15, 0.2) is 5.65 Å². The van der Waals surface area contributed by atoms with Crippen molar-refractivity contribution in [2.45, 2.75) is 70.8 Å². The highest BCUT2D eigenvalue weighted by atomic mass is 32.1. The quantitative estimate of drug-likeness (QED) is 0.372. The lowest BCUT2D eigenvalue weighted by atomic mass is 9.95. The van der Waals surface area contributed by atoms with E-state index >= 15 is 0 Å². The average molecular weight is 479 g/mol. The number of likely N-dealkylation sites (N-methyl/N-ethyl adjacent to an activating group) is 1. The number of hydrogen-bond donors (Lipinski definition) is 2. The number of nitrogens with two attached hydrogens (primary N) is 1. The molecule has 8 heteroatoms. The van der Waals surface area contributed by atoms with Crippen LogP contribution in [0.5, 0.6) is 0 Å². The van der Waals surface area contributed by atoms with Crippen molar-refractivity contribution in [1.29, 1.82) is 0 Å². The van der Waals surface area contributed by atoms with Crippen molar-refractivity contribution >= 4 is 33.1 Å². The fourth-order valence-electron chi connectivity index (χ4n) is 5.60. The molecule has 4 aromatic heterocycles. The Balaban J connectivity index is 1.50. The number of fused-ring (bicyclic) bond motifs is 2. The van der Waals surface area contributed by atoms with E-state index in [2.05, 4.69) is 59.1 Å². The van der Waals surface area contributed by atoms with Crippen LogP contribution in [0.2, 0.25) is 0 Å². The number of aromatic nitrogens is 4. The van der Waals surface area contributed by atoms with E-state index < -0.39 is 0 Å². The van der Waals surface area contributed by atoms with Crippen LogP contribution in [0.15, 0.2) is 24.7 Å². The number of amides is 1. The van der Waals surface area contributed by atoms with Crippen LogP contribution in [0.4, 0.5) is 0 Å². The number of carbonyl (C=O) groups excluding carboxylic acids is 1. The third-order valence-corrected chi connectivity index (χ3v) is 8.61. The van der Waals surface area contributed by atoms with Crippen LogP contribution in [0.1, 0.15) is 73.8 Å². The third kappa shape index (κ3) is 4.25. The summed E-state index contributed by atoms with van der Waals surface area (Å²) < 4.78 is 3.23. The Labute approximate surface area is 204 Å². The molecule has 0 saturated heterocycles. The van der Waals surface area contributed by atoms with Gasteiger partial charge in [0.05, 0.1) is 22.5 Å². The summed E-state index contributed by atoms with van der Waals surface area (Å²) in [7, 11) is 2.04. The maximum atomic E-state index is 11.5. The van der Waals surface area contributed by atoms with E-state index in [0.717, 1.165) is 29.6 Å². The molecular formula is C26H34N6OS. The number of aromatic amines is 1. The SMILES string of the molecule is Cc1cc(-c2[nH]c3cc(C4CCCCC(N(C)CC(N)=O)C4)sc3c2C(C)C)cn2ncnc12. The molecular weight excluding hydrogens is 444 g/mol. The number of nitrogens with zero attached hydrogens (tertiary/aromatic N) is 4. The molecule has 1 fully saturated rings. The highest BCUT2D eigenvalue weighted by Crippen LogP contribution is 2.44. The Hall–Kier alpha value is -2.71. The first-order chi connectivity index (χ1) is 16.3. The molecule has 3 N–H and O–H groups in total. The molecule has 1 saturated carbocycles. The molecule has 4 heterocycles. The normalized spacial score (nSPS) is 19.5. The number of carbonyl (C=O) groups is 1. The van der Waals surface area contributed by atoms with Gasteiger partial charge in [0.25, 0.3) is 0 Å². The fraction of sp³-hybridized carbons (Fsp3) is 0.500. The van der Waals surface area contributed by atoms with Crippen LogP contribution in [0.3, 0.4) is 0 Å². The minimum Gasteiger partial charge on any atom is -0.369 e. The molecule has 4 aromatic rings. The van der Waals surface area contributed by atoms with Gasteiger partial charge in [0.1, 0.15) is 6.33 Å². The largest absolute Gasteiger partial charge is 0.369 e. The van der Waals surface area contributed by atoms with Gasteiger partial charge in [-0.25, -0.2) is 9.50 Å². The number of primary amides is 1. The van der Waals surface area contributed by atoms with E-state index in [9.17, 15) is 4.79 Å². The molecule has 34 heavy (non-hydrogen) atoms. The summed E-state index contributed by atoms with van der Waals surface area (Å²) in [6.45, 7) is 6.96. The predicted octanol–water partition coefficient (Wildman–Crippen LogP) is 5.20. The molecule has 1 aliphatic carbocycles. The smallest absolute Gasteiger partial charge is 0.231 e. The van der Waals surface area contributed by atoms with E-state index in [1.54, 1.807) is 6.33 Å². The number of H-pyrrole nitrogens is 1. The van der Waals surface area contributed by atoms with Crippen molar-refractivity contribution in [2.24, 2.45) is 5.73 Å². The first kappa shape index (κ1) is 23.1. The first-order valence-electron chi connectivity index (χ1n) is 12.3. The summed E-state index contributed by atoms with van der Waals surface area (Å²) in [6, 6.07) is 4.98. The number of hydrogen-bond acceptors (Lipinski definition) is 5. The summed E-state index contributed by atoms with van der Waals surface area (Å²) >= 11 is 1.94. The van der Waals surface area contributed by atoms with Crippen LogP contribution >= 0.6 is 11.3 Å². The Morgan fingerprint density at radius 1 is 1.32 bits per heavy atom. The van der Waals surface area contributed by atoms with Gasteiger partial charge in [-0.05, 0) is 68.3 Å². The van der Waals surface area contributed by atoms with Gasteiger partial charge in [0.2, 0.25) is 5.91 Å². The van der Waals surface area contributed by atoms with Crippen molar-refractivity contribution in [1.82, 2.24) is 24.5 Å². The van der Waals surface area contributed by atoms with Gasteiger partial charge in [-0.15, -0.1) is 11.3 Å². The molecule has 0 bridgehead atoms. The fourth-order valence-corrected chi connectivity index (χ4v) is 7.06. The lowest BCUT2D eigenvalue weighted by molar-refractivity contribution is -0.119. The van der Waals surface area contributed by atoms with Crippen molar-refractivity contribution in [3.8, 4) is 11.3 Å². The Morgan fingerprint density at radius 2 is 2.12 bits per heavy atom. The van der Waals surface area contributed by atoms with Gasteiger partial charge >= 0.3 is 0 Å². The van der Waals surface area contributed by atoms with Crippen LogP contribution < -0.4 is 5.73 Å². The zero-order valence-corrected chi connectivity index (χ0v) is 21.3. The topological polar surface area (TPSA) is 92.3 Å². The third-order valence-electron chi connectivity index (χ3n) is 7.28. The van der Waals surface area contributed by atoms with Crippen molar-refractivity contribution in [3.63, 3.8) is 0 Å². The van der Waals surface area contributed by atoms with Crippen LogP contribution in [0, 0.1) is 6.92 Å². The van der Waals surface area contributed by atoms with Gasteiger partial charge < -0.3 is 10.7 Å². The molecule has 7 nitrogen and oxygen atoms in total. The van der Waals surface area contributed by atoms with Gasteiger partial charge in [0, 0.05) is 22.7 Å². The van der Waals surface area contributed by atoms with Crippen molar-refractivity contribution in [2.75, 3.05) is 13.6 Å². The summed E-state index contributed by atoms with van der Waals surface area (Å²) in [5.41, 5.74) is 12.4. The molecule has 0 radical (unpaired) electrons. The maximum absolute atomic E-state index is 11.5. The highest BCUT2D eigenvalue weighted by molar-refractivity contribution is 7.19. The average Bonchev–Trinajstić information content (AvgIpc) is 3.43. The number of thiophene rings is 1. The lowest BCUT2D eigenvalue weighted by Crippen LogP contribution is -2.38. The zero-order valence-electron chi connectivity index (χ0n) is 20.5. The summed E-state index contributed by atoms with van der Waals surface area (Å²) in [5.74, 6) is 0.664. The van der Waals surface area contributed by atoms with Crippen LogP contribution in [-0.2, 0) is 4.79 Å². The van der Waals surface area contributed by atoms with Gasteiger partial charge in [-0.2, -0.15) is 5.10 Å². The number of nitrogens with one attached hydrogen (secondary N) is 1. The molecule has 0 aromatic carbocycles. The van der Waals surface area contributed by atoms with Gasteiger partial charge in [-0.1, -0.05) is 26.7 Å². The molecule has 5 rings (SSSR count). The molecule has 1 amide bonds. The second-order valence-corrected chi connectivity index (χ2v) is 11.2. The minimum atomic E-state index is -0.249. The number of rotatable bonds is 6. The van der Waals surface area contributed by atoms with Crippen LogP contribution in [0.25, 0.3) is 27.1 Å². The zero-order chi connectivity index (χ0) is 24.0. The Kier molecular flexibility index (Phi) is 6.20. The summed E-state index contributed by atoms with van der Waals surface area (Å²) in [6.07, 6.45) is 9.54. The molecule has 180 valence electrons. The standard InChI is InChI=1S/C26H34N6OS/c1-15(2)23-24(18-9-16(3)26-28-14-29-32(26)12-18)30-20-11-21(34-25(20)23)17-7-5-6-8-19(10-17)31(4)13-22(27)33/h9,11-12,14-15,17,19,30H,5-8,10,13H2,1-4H3,(H2,27,33). The second kappa shape index (κ2) is 9.15. The van der Waals surface area contributed by atoms with E-state index in [0.29, 0.717) is 24.4 Å². The molecule has 1 aliphatic rings. The maximum Gasteiger partial charge on any atom is 0.231 e. The van der Waals surface area contributed by atoms with Crippen molar-refractivity contribution in [3.05, 3.63) is 40.7 Å². The Bertz CT molecular complexity index is 1330. The monoisotopic (exact) mass is 478 g/mol. The molecule has 2 atom stereocenters. The Morgan fingerprint density at radius 3 is 2.88 bits per heavy atom. The summed E-state index contributed by atoms with van der Waals surface area (Å²) in [4.78, 5) is 23.2. The number of aryl methyl sites for hydroxylation is 1. The van der Waals surface area contributed by atoms with E-state index in [1.165, 1.54) is 45.6 Å². The van der Waals surface area contributed by atoms with Crippen LogP contribution in [-0.4, -0.2) is 50.0 Å². The minimum absolute atomic E-state index is 0.249. The molecule has 0 spiro atoms. The molecule has 2 unspecified atom stereocenters. The van der Waals surface area contributed by atoms with Gasteiger partial charge in [-0.3, -0.25) is 9.69 Å². The lowest BCUT2D eigenvalue weighted by Gasteiger charge is -2.28. The van der Waals surface area contributed by atoms with E-state index in [1.807, 2.05) is 22.9 Å². The first-order valence-corrected chi connectivity index (χ1v) is 13.1. The second-order valence-electron chi connectivity index (χ2n) is 10.2. The number of pyridine rings is 1.